The van der Waals surface area contributed by atoms with Crippen LogP contribution in [0, 0.1) is 23.7 Å². The van der Waals surface area contributed by atoms with Crippen molar-refractivity contribution in [1.29, 1.82) is 0 Å². The van der Waals surface area contributed by atoms with Gasteiger partial charge in [0.25, 0.3) is 0 Å². The number of methoxy groups -OCH3 is 3. The average molecular weight is 762 g/mol. The fourth-order valence-corrected chi connectivity index (χ4v) is 9.14. The van der Waals surface area contributed by atoms with Crippen LogP contribution in [-0.4, -0.2) is 145 Å². The first-order chi connectivity index (χ1) is 24.4. The van der Waals surface area contributed by atoms with Crippen LogP contribution in [0.25, 0.3) is 0 Å². The molecule has 0 unspecified atom stereocenters. The molecule has 3 aliphatic rings. The highest BCUT2D eigenvalue weighted by atomic mass is 16.7. The Morgan fingerprint density at radius 3 is 2.04 bits per heavy atom. The average Bonchev–Trinajstić information content (AvgIpc) is 3.07. The Balaban J connectivity index is 2.25. The number of hydrogen-bond acceptors (Lipinski definition) is 14. The van der Waals surface area contributed by atoms with E-state index in [9.17, 15) is 24.9 Å². The monoisotopic (exact) mass is 761 g/mol. The lowest BCUT2D eigenvalue weighted by molar-refractivity contribution is -0.355. The van der Waals surface area contributed by atoms with Crippen LogP contribution >= 0.6 is 0 Å². The number of carbonyl (C=O) groups is 2. The molecule has 3 fully saturated rings. The van der Waals surface area contributed by atoms with Gasteiger partial charge in [-0.25, -0.2) is 0 Å². The van der Waals surface area contributed by atoms with Gasteiger partial charge in [-0.1, -0.05) is 27.7 Å². The molecule has 0 spiro atoms. The summed E-state index contributed by atoms with van der Waals surface area (Å²) in [7, 11) is 8.29. The van der Waals surface area contributed by atoms with E-state index in [1.165, 1.54) is 28.1 Å². The number of rotatable bonds is 9. The highest BCUT2D eigenvalue weighted by Gasteiger charge is 2.54. The highest BCUT2D eigenvalue weighted by Crippen LogP contribution is 2.43. The molecule has 3 heterocycles. The van der Waals surface area contributed by atoms with Crippen molar-refractivity contribution in [2.45, 2.75) is 179 Å². The zero-order valence-electron chi connectivity index (χ0n) is 34.9. The standard InChI is InChI=1S/C39H71NO13/c1-16-27-39(10,45)33(46-13)23(4)29(41)21(2)18-37(8,48-15)32(52-35-30(42)26(40(11)12)17-22(3)49-35)24(5)31(25(6)34(43)50-27)51-28-19-36(7,47-14)20-38(9,44)53-28/h21-28,30-33,35,42,44-45H,16-20H2,1-15H3/t21-,22-,23+,24+,25-,26+,27-,28-,30-,31+,32-,33-,35+,36-,37-,38+,39+/m1/s1. The summed E-state index contributed by atoms with van der Waals surface area (Å²) in [4.78, 5) is 30.5. The van der Waals surface area contributed by atoms with Crippen LogP contribution in [0.2, 0.25) is 0 Å². The maximum atomic E-state index is 14.3. The number of Topliss-reactive ketones (excluding diaryl/α,β-unsaturated/α-hetero) is 1. The van der Waals surface area contributed by atoms with Gasteiger partial charge in [-0.15, -0.1) is 0 Å². The fourth-order valence-electron chi connectivity index (χ4n) is 9.14. The van der Waals surface area contributed by atoms with Crippen LogP contribution in [-0.2, 0) is 47.5 Å². The third-order valence-electron chi connectivity index (χ3n) is 12.2. The number of cyclic esters (lactones) is 1. The SMILES string of the molecule is CC[C@H]1OC(=O)[C@H](C)[C@@H](O[C@H]2C[C@@](C)(OC)C[C@@](C)(O)O2)[C@H](C)[C@@H](O[C@@H]2O[C@H](C)C[C@H](N(C)C)[C@H]2O)[C@](C)(OC)C[C@@H](C)C(=O)[C@H](C)[C@@H](OC)[C@@]1(C)O. The van der Waals surface area contributed by atoms with Gasteiger partial charge in [0.15, 0.2) is 18.4 Å². The Hall–Kier alpha value is -1.30. The van der Waals surface area contributed by atoms with Gasteiger partial charge < -0.3 is 58.1 Å². The minimum Gasteiger partial charge on any atom is -0.459 e. The van der Waals surface area contributed by atoms with Gasteiger partial charge in [0.1, 0.15) is 23.6 Å². The minimum atomic E-state index is -1.74. The molecule has 17 atom stereocenters. The molecule has 310 valence electrons. The Bertz CT molecular complexity index is 1220. The zero-order valence-corrected chi connectivity index (χ0v) is 34.9. The summed E-state index contributed by atoms with van der Waals surface area (Å²) in [6, 6.07) is -0.275. The summed E-state index contributed by atoms with van der Waals surface area (Å²) >= 11 is 0. The van der Waals surface area contributed by atoms with Crippen LogP contribution in [0.15, 0.2) is 0 Å². The number of likely N-dealkylation sites (N-methyl/N-ethyl adjacent to an activating group) is 1. The molecule has 53 heavy (non-hydrogen) atoms. The molecule has 3 rings (SSSR count). The van der Waals surface area contributed by atoms with Crippen molar-refractivity contribution in [2.24, 2.45) is 23.7 Å². The summed E-state index contributed by atoms with van der Waals surface area (Å²) in [5.74, 6) is -5.57. The lowest BCUT2D eigenvalue weighted by Crippen LogP contribution is -2.61. The number of esters is 1. The first-order valence-corrected chi connectivity index (χ1v) is 19.2. The first kappa shape index (κ1) is 46.1. The summed E-state index contributed by atoms with van der Waals surface area (Å²) in [6.07, 6.45) is -6.05. The molecule has 0 radical (unpaired) electrons. The molecule has 0 bridgehead atoms. The van der Waals surface area contributed by atoms with Gasteiger partial charge >= 0.3 is 5.97 Å². The molecular formula is C39H71NO13. The van der Waals surface area contributed by atoms with Gasteiger partial charge in [0, 0.05) is 58.0 Å². The fraction of sp³-hybridized carbons (Fsp3) is 0.949. The highest BCUT2D eigenvalue weighted by molar-refractivity contribution is 5.83. The Labute approximate surface area is 317 Å². The van der Waals surface area contributed by atoms with Crippen LogP contribution in [0.3, 0.4) is 0 Å². The maximum Gasteiger partial charge on any atom is 0.311 e. The van der Waals surface area contributed by atoms with Crippen molar-refractivity contribution in [3.63, 3.8) is 0 Å². The maximum absolute atomic E-state index is 14.3. The van der Waals surface area contributed by atoms with Crippen LogP contribution in [0.5, 0.6) is 0 Å². The smallest absolute Gasteiger partial charge is 0.311 e. The van der Waals surface area contributed by atoms with E-state index < -0.39 is 95.3 Å². The predicted octanol–water partition coefficient (Wildman–Crippen LogP) is 3.44. The van der Waals surface area contributed by atoms with Crippen molar-refractivity contribution in [3.05, 3.63) is 0 Å². The second-order valence-electron chi connectivity index (χ2n) is 17.2. The van der Waals surface area contributed by atoms with E-state index in [2.05, 4.69) is 0 Å². The summed E-state index contributed by atoms with van der Waals surface area (Å²) in [5, 5.41) is 34.7. The van der Waals surface area contributed by atoms with Gasteiger partial charge in [-0.3, -0.25) is 9.59 Å². The number of ketones is 1. The van der Waals surface area contributed by atoms with E-state index in [0.717, 1.165) is 0 Å². The normalized spacial score (nSPS) is 48.3. The third-order valence-corrected chi connectivity index (χ3v) is 12.2. The Morgan fingerprint density at radius 1 is 0.887 bits per heavy atom. The van der Waals surface area contributed by atoms with Gasteiger partial charge in [-0.05, 0) is 74.9 Å². The number of aliphatic hydroxyl groups excluding tert-OH is 1. The molecule has 0 aromatic rings. The Kier molecular flexibility index (Phi) is 15.5. The number of nitrogens with zero attached hydrogens (tertiary/aromatic N) is 1. The van der Waals surface area contributed by atoms with E-state index in [1.54, 1.807) is 34.8 Å². The molecular weight excluding hydrogens is 690 g/mol. The molecule has 3 N–H and O–H groups in total. The number of carbonyl (C=O) groups excluding carboxylic acids is 2. The second kappa shape index (κ2) is 17.9. The van der Waals surface area contributed by atoms with E-state index in [-0.39, 0.29) is 43.6 Å². The largest absolute Gasteiger partial charge is 0.459 e. The number of ether oxygens (including phenoxy) is 8. The van der Waals surface area contributed by atoms with Crippen molar-refractivity contribution in [3.8, 4) is 0 Å². The van der Waals surface area contributed by atoms with Crippen LogP contribution in [0.4, 0.5) is 0 Å². The van der Waals surface area contributed by atoms with E-state index in [0.29, 0.717) is 6.42 Å². The van der Waals surface area contributed by atoms with Gasteiger partial charge in [0.2, 0.25) is 0 Å². The molecule has 0 saturated carbocycles. The summed E-state index contributed by atoms with van der Waals surface area (Å²) in [5.41, 5.74) is -3.78. The lowest BCUT2D eigenvalue weighted by atomic mass is 9.73. The first-order valence-electron chi connectivity index (χ1n) is 19.2. The molecule has 14 nitrogen and oxygen atoms in total. The quantitative estimate of drug-likeness (QED) is 0.292. The molecule has 14 heteroatoms. The molecule has 0 aromatic heterocycles. The molecule has 0 aliphatic carbocycles. The summed E-state index contributed by atoms with van der Waals surface area (Å²) < 4.78 is 49.9. The number of hydrogen-bond donors (Lipinski definition) is 3. The third kappa shape index (κ3) is 10.4. The van der Waals surface area contributed by atoms with Gasteiger partial charge in [0.05, 0.1) is 41.5 Å². The van der Waals surface area contributed by atoms with E-state index in [1.807, 2.05) is 46.7 Å². The summed E-state index contributed by atoms with van der Waals surface area (Å²) in [6.45, 7) is 17.5. The number of aliphatic hydroxyl groups is 3. The topological polar surface area (TPSA) is 172 Å². The molecule has 3 saturated heterocycles. The van der Waals surface area contributed by atoms with Crippen molar-refractivity contribution < 1.29 is 62.8 Å². The van der Waals surface area contributed by atoms with E-state index in [4.69, 9.17) is 37.9 Å². The zero-order chi connectivity index (χ0) is 40.4. The van der Waals surface area contributed by atoms with Crippen molar-refractivity contribution in [1.82, 2.24) is 4.90 Å². The van der Waals surface area contributed by atoms with Gasteiger partial charge in [-0.2, -0.15) is 0 Å². The molecule has 0 amide bonds. The van der Waals surface area contributed by atoms with Crippen LogP contribution in [0.1, 0.15) is 101 Å². The van der Waals surface area contributed by atoms with Crippen molar-refractivity contribution in [2.75, 3.05) is 35.4 Å². The lowest BCUT2D eigenvalue weighted by Gasteiger charge is -2.50. The van der Waals surface area contributed by atoms with Crippen molar-refractivity contribution >= 4 is 11.8 Å². The molecule has 0 aromatic carbocycles. The van der Waals surface area contributed by atoms with Crippen LogP contribution < -0.4 is 0 Å². The second-order valence-corrected chi connectivity index (χ2v) is 17.2. The molecule has 3 aliphatic heterocycles. The predicted molar refractivity (Wildman–Crippen MR) is 196 cm³/mol. The minimum absolute atomic E-state index is 0.162. The van der Waals surface area contributed by atoms with E-state index >= 15 is 0 Å². The Morgan fingerprint density at radius 2 is 1.51 bits per heavy atom.